The molecule has 1 fully saturated rings. The monoisotopic (exact) mass is 424 g/mol. The van der Waals surface area contributed by atoms with Gasteiger partial charge in [0.2, 0.25) is 0 Å². The van der Waals surface area contributed by atoms with Crippen molar-refractivity contribution in [2.45, 2.75) is 106 Å². The molecule has 4 aliphatic rings. The number of hydrogen-bond acceptors (Lipinski definition) is 1. The van der Waals surface area contributed by atoms with Crippen molar-refractivity contribution in [2.75, 3.05) is 6.61 Å². The molecule has 0 aromatic carbocycles. The highest BCUT2D eigenvalue weighted by Crippen LogP contribution is 2.66. The number of allylic oxidation sites excluding steroid dienone is 4. The first-order chi connectivity index (χ1) is 14.5. The van der Waals surface area contributed by atoms with Crippen LogP contribution in [0.4, 0.5) is 0 Å². The van der Waals surface area contributed by atoms with E-state index < -0.39 is 0 Å². The minimum Gasteiger partial charge on any atom is -0.396 e. The zero-order valence-electron chi connectivity index (χ0n) is 21.3. The third-order valence-electron chi connectivity index (χ3n) is 10.8. The highest BCUT2D eigenvalue weighted by molar-refractivity contribution is 5.49. The minimum absolute atomic E-state index is 0.230. The Balaban J connectivity index is 1.54. The van der Waals surface area contributed by atoms with Crippen LogP contribution in [0.5, 0.6) is 0 Å². The molecule has 1 saturated carbocycles. The van der Waals surface area contributed by atoms with Crippen molar-refractivity contribution >= 4 is 0 Å². The molecule has 0 radical (unpaired) electrons. The van der Waals surface area contributed by atoms with E-state index in [9.17, 15) is 5.11 Å². The lowest BCUT2D eigenvalue weighted by molar-refractivity contribution is 0.00594. The fraction of sp³-hybridized carbons (Fsp3) is 0.800. The van der Waals surface area contributed by atoms with Crippen LogP contribution in [-0.2, 0) is 0 Å². The Labute approximate surface area is 192 Å². The van der Waals surface area contributed by atoms with Gasteiger partial charge in [-0.15, -0.1) is 0 Å². The van der Waals surface area contributed by atoms with Crippen LogP contribution in [0, 0.1) is 39.9 Å². The van der Waals surface area contributed by atoms with Gasteiger partial charge in [0.15, 0.2) is 0 Å². The number of aliphatic hydroxyl groups is 1. The molecule has 0 aromatic heterocycles. The molecule has 0 aliphatic heterocycles. The number of rotatable bonds is 6. The first-order valence-corrected chi connectivity index (χ1v) is 13.3. The predicted molar refractivity (Wildman–Crippen MR) is 133 cm³/mol. The van der Waals surface area contributed by atoms with E-state index in [2.05, 4.69) is 54.2 Å². The summed E-state index contributed by atoms with van der Waals surface area (Å²) in [6.07, 6.45) is 15.8. The van der Waals surface area contributed by atoms with Gasteiger partial charge in [0.05, 0.1) is 0 Å². The molecular weight excluding hydrogens is 376 g/mol. The fourth-order valence-electron chi connectivity index (χ4n) is 8.67. The Morgan fingerprint density at radius 1 is 1.10 bits per heavy atom. The summed E-state index contributed by atoms with van der Waals surface area (Å²) in [5, 5.41) is 9.45. The molecule has 0 bridgehead atoms. The fourth-order valence-corrected chi connectivity index (χ4v) is 8.67. The summed E-state index contributed by atoms with van der Waals surface area (Å²) in [6.45, 7) is 19.4. The number of aliphatic hydroxyl groups excluding tert-OH is 1. The average Bonchev–Trinajstić information content (AvgIpc) is 3.07. The van der Waals surface area contributed by atoms with E-state index in [0.29, 0.717) is 22.2 Å². The molecule has 0 aromatic rings. The summed E-state index contributed by atoms with van der Waals surface area (Å²) in [5.74, 6) is 2.58. The molecule has 0 spiro atoms. The molecule has 1 nitrogen and oxygen atoms in total. The van der Waals surface area contributed by atoms with Gasteiger partial charge in [-0.05, 0) is 109 Å². The first kappa shape index (κ1) is 23.3. The summed E-state index contributed by atoms with van der Waals surface area (Å²) < 4.78 is 0. The zero-order valence-corrected chi connectivity index (χ0v) is 21.3. The van der Waals surface area contributed by atoms with E-state index >= 15 is 0 Å². The third kappa shape index (κ3) is 3.71. The van der Waals surface area contributed by atoms with Crippen molar-refractivity contribution in [1.82, 2.24) is 0 Å². The van der Waals surface area contributed by atoms with E-state index in [4.69, 9.17) is 0 Å². The van der Waals surface area contributed by atoms with Crippen molar-refractivity contribution in [2.24, 2.45) is 39.9 Å². The smallest absolute Gasteiger partial charge is 0.0493 e. The van der Waals surface area contributed by atoms with Crippen molar-refractivity contribution in [1.29, 1.82) is 0 Å². The van der Waals surface area contributed by atoms with Crippen molar-refractivity contribution in [3.63, 3.8) is 0 Å². The summed E-state index contributed by atoms with van der Waals surface area (Å²) in [6, 6.07) is 0. The van der Waals surface area contributed by atoms with Crippen LogP contribution in [0.15, 0.2) is 34.9 Å². The third-order valence-corrected chi connectivity index (χ3v) is 10.8. The van der Waals surface area contributed by atoms with E-state index in [1.165, 1.54) is 63.4 Å². The number of hydrogen-bond donors (Lipinski definition) is 1. The topological polar surface area (TPSA) is 20.2 Å². The van der Waals surface area contributed by atoms with Gasteiger partial charge in [-0.3, -0.25) is 0 Å². The lowest BCUT2D eigenvalue weighted by Gasteiger charge is -2.58. The second-order valence-electron chi connectivity index (χ2n) is 12.9. The SMILES string of the molecule is C=C(CC[C@@H](C)[C@H]1CC=C2C3=C(CC[C@@]21C)[C@@]1(C)CCCC(C)(C)C1CC3)C(C)CO. The Hall–Kier alpha value is -0.820. The predicted octanol–water partition coefficient (Wildman–Crippen LogP) is 8.26. The quantitative estimate of drug-likeness (QED) is 0.425. The molecule has 4 aliphatic carbocycles. The summed E-state index contributed by atoms with van der Waals surface area (Å²) in [5.41, 5.74) is 7.98. The molecule has 31 heavy (non-hydrogen) atoms. The van der Waals surface area contributed by atoms with Crippen LogP contribution in [0.3, 0.4) is 0 Å². The molecule has 0 amide bonds. The van der Waals surface area contributed by atoms with Crippen molar-refractivity contribution in [3.05, 3.63) is 34.9 Å². The van der Waals surface area contributed by atoms with Crippen LogP contribution in [0.1, 0.15) is 106 Å². The van der Waals surface area contributed by atoms with Crippen LogP contribution in [-0.4, -0.2) is 11.7 Å². The van der Waals surface area contributed by atoms with Gasteiger partial charge >= 0.3 is 0 Å². The summed E-state index contributed by atoms with van der Waals surface area (Å²) in [4.78, 5) is 0. The maximum absolute atomic E-state index is 9.45. The van der Waals surface area contributed by atoms with E-state index in [0.717, 1.165) is 18.3 Å². The minimum atomic E-state index is 0.230. The molecule has 174 valence electrons. The van der Waals surface area contributed by atoms with Crippen LogP contribution >= 0.6 is 0 Å². The lowest BCUT2D eigenvalue weighted by Crippen LogP contribution is -2.47. The maximum atomic E-state index is 9.45. The van der Waals surface area contributed by atoms with Gasteiger partial charge < -0.3 is 5.11 Å². The maximum Gasteiger partial charge on any atom is 0.0493 e. The van der Waals surface area contributed by atoms with Crippen LogP contribution in [0.2, 0.25) is 0 Å². The molecule has 1 heteroatoms. The molecule has 6 atom stereocenters. The molecule has 0 heterocycles. The molecule has 4 rings (SSSR count). The van der Waals surface area contributed by atoms with Gasteiger partial charge in [-0.1, -0.05) is 71.8 Å². The van der Waals surface area contributed by atoms with E-state index in [1.807, 2.05) is 5.57 Å². The molecule has 0 saturated heterocycles. The Kier molecular flexibility index (Phi) is 6.17. The largest absolute Gasteiger partial charge is 0.396 e. The first-order valence-electron chi connectivity index (χ1n) is 13.3. The highest BCUT2D eigenvalue weighted by atomic mass is 16.3. The second kappa shape index (κ2) is 8.19. The average molecular weight is 425 g/mol. The lowest BCUT2D eigenvalue weighted by atomic mass is 9.47. The number of fused-ring (bicyclic) bond motifs is 4. The molecule has 2 unspecified atom stereocenters. The summed E-state index contributed by atoms with van der Waals surface area (Å²) in [7, 11) is 0. The van der Waals surface area contributed by atoms with Gasteiger partial charge in [0, 0.05) is 6.61 Å². The normalized spacial score (nSPS) is 38.6. The Bertz CT molecular complexity index is 782. The Morgan fingerprint density at radius 3 is 2.55 bits per heavy atom. The van der Waals surface area contributed by atoms with E-state index in [-0.39, 0.29) is 12.5 Å². The van der Waals surface area contributed by atoms with Crippen molar-refractivity contribution in [3.8, 4) is 0 Å². The van der Waals surface area contributed by atoms with E-state index in [1.54, 1.807) is 11.1 Å². The molecule has 1 N–H and O–H groups in total. The van der Waals surface area contributed by atoms with Gasteiger partial charge in [-0.2, -0.15) is 0 Å². The summed E-state index contributed by atoms with van der Waals surface area (Å²) >= 11 is 0. The standard InChI is InChI=1S/C30H48O/c1-20(22(3)19-31)9-10-21(2)24-12-13-25-23-11-14-27-28(4,5)16-8-17-30(27,7)26(23)15-18-29(24,25)6/h13,21-22,24,27,31H,1,8-12,14-19H2,2-7H3/t21-,22?,24-,27?,29-,30-/m1/s1. The van der Waals surface area contributed by atoms with Gasteiger partial charge in [-0.25, -0.2) is 0 Å². The zero-order chi connectivity index (χ0) is 22.6. The second-order valence-corrected chi connectivity index (χ2v) is 12.9. The molecular formula is C30H48O. The van der Waals surface area contributed by atoms with Crippen LogP contribution in [0.25, 0.3) is 0 Å². The van der Waals surface area contributed by atoms with Gasteiger partial charge in [0.25, 0.3) is 0 Å². The van der Waals surface area contributed by atoms with Gasteiger partial charge in [0.1, 0.15) is 0 Å². The van der Waals surface area contributed by atoms with Crippen LogP contribution < -0.4 is 0 Å². The van der Waals surface area contributed by atoms with Crippen molar-refractivity contribution < 1.29 is 5.11 Å². The highest BCUT2D eigenvalue weighted by Gasteiger charge is 2.55. The Morgan fingerprint density at radius 2 is 1.84 bits per heavy atom.